The first-order valence-electron chi connectivity index (χ1n) is 9.15. The van der Waals surface area contributed by atoms with Crippen molar-refractivity contribution in [1.82, 2.24) is 20.1 Å². The van der Waals surface area contributed by atoms with E-state index in [1.807, 2.05) is 57.3 Å². The molecule has 7 nitrogen and oxygen atoms in total. The number of aryl methyl sites for hydroxylation is 2. The lowest BCUT2D eigenvalue weighted by Gasteiger charge is -2.09. The van der Waals surface area contributed by atoms with Gasteiger partial charge in [0.2, 0.25) is 5.91 Å². The standard InChI is InChI=1S/C21H23N5O2S/c1-14-9-10-15(2)17(11-14)23-19(27)13-29-21-25-24-18(26(21)3)12-22-20(28)16-7-5-4-6-8-16/h4-11H,12-13H2,1-3H3,(H,22,28)(H,23,27). The summed E-state index contributed by atoms with van der Waals surface area (Å²) in [6, 6.07) is 14.9. The Morgan fingerprint density at radius 1 is 1.07 bits per heavy atom. The van der Waals surface area contributed by atoms with Crippen LogP contribution in [0, 0.1) is 13.8 Å². The van der Waals surface area contributed by atoms with Crippen LogP contribution in [-0.4, -0.2) is 32.3 Å². The van der Waals surface area contributed by atoms with Crippen molar-refractivity contribution in [3.63, 3.8) is 0 Å². The lowest BCUT2D eigenvalue weighted by molar-refractivity contribution is -0.113. The van der Waals surface area contributed by atoms with Crippen molar-refractivity contribution in [1.29, 1.82) is 0 Å². The Kier molecular flexibility index (Phi) is 6.66. The third-order valence-electron chi connectivity index (χ3n) is 4.37. The number of hydrogen-bond donors (Lipinski definition) is 2. The van der Waals surface area contributed by atoms with Crippen molar-refractivity contribution < 1.29 is 9.59 Å². The van der Waals surface area contributed by atoms with Crippen LogP contribution in [0.4, 0.5) is 5.69 Å². The molecular formula is C21H23N5O2S. The van der Waals surface area contributed by atoms with E-state index in [-0.39, 0.29) is 24.1 Å². The van der Waals surface area contributed by atoms with E-state index in [4.69, 9.17) is 0 Å². The Morgan fingerprint density at radius 2 is 1.83 bits per heavy atom. The summed E-state index contributed by atoms with van der Waals surface area (Å²) >= 11 is 1.30. The van der Waals surface area contributed by atoms with Gasteiger partial charge in [-0.25, -0.2) is 0 Å². The number of nitrogens with one attached hydrogen (secondary N) is 2. The highest BCUT2D eigenvalue weighted by molar-refractivity contribution is 7.99. The lowest BCUT2D eigenvalue weighted by atomic mass is 10.1. The Balaban J connectivity index is 1.53. The topological polar surface area (TPSA) is 88.9 Å². The van der Waals surface area contributed by atoms with Crippen LogP contribution in [0.1, 0.15) is 27.3 Å². The highest BCUT2D eigenvalue weighted by Gasteiger charge is 2.13. The van der Waals surface area contributed by atoms with Crippen LogP contribution in [0.3, 0.4) is 0 Å². The van der Waals surface area contributed by atoms with E-state index in [2.05, 4.69) is 20.8 Å². The summed E-state index contributed by atoms with van der Waals surface area (Å²) in [5.41, 5.74) is 3.52. The van der Waals surface area contributed by atoms with Crippen molar-refractivity contribution in [2.24, 2.45) is 7.05 Å². The molecule has 0 unspecified atom stereocenters. The van der Waals surface area contributed by atoms with Gasteiger partial charge in [0.05, 0.1) is 12.3 Å². The van der Waals surface area contributed by atoms with Gasteiger partial charge in [0.15, 0.2) is 11.0 Å². The fourth-order valence-corrected chi connectivity index (χ4v) is 3.39. The molecule has 3 aromatic rings. The van der Waals surface area contributed by atoms with Crippen LogP contribution in [0.25, 0.3) is 0 Å². The van der Waals surface area contributed by atoms with Gasteiger partial charge in [0, 0.05) is 18.3 Å². The van der Waals surface area contributed by atoms with Gasteiger partial charge in [-0.2, -0.15) is 0 Å². The maximum absolute atomic E-state index is 12.3. The Hall–Kier alpha value is -3.13. The second-order valence-corrected chi connectivity index (χ2v) is 7.60. The van der Waals surface area contributed by atoms with Gasteiger partial charge in [-0.3, -0.25) is 9.59 Å². The lowest BCUT2D eigenvalue weighted by Crippen LogP contribution is -2.24. The van der Waals surface area contributed by atoms with Gasteiger partial charge in [0.1, 0.15) is 0 Å². The van der Waals surface area contributed by atoms with E-state index < -0.39 is 0 Å². The average molecular weight is 410 g/mol. The number of rotatable bonds is 7. The summed E-state index contributed by atoms with van der Waals surface area (Å²) in [5.74, 6) is 0.559. The molecular weight excluding hydrogens is 386 g/mol. The molecule has 0 atom stereocenters. The minimum atomic E-state index is -0.171. The summed E-state index contributed by atoms with van der Waals surface area (Å²) in [5, 5.41) is 14.6. The zero-order valence-corrected chi connectivity index (χ0v) is 17.4. The van der Waals surface area contributed by atoms with E-state index in [0.29, 0.717) is 16.5 Å². The van der Waals surface area contributed by atoms with Crippen LogP contribution in [-0.2, 0) is 18.4 Å². The molecule has 2 N–H and O–H groups in total. The highest BCUT2D eigenvalue weighted by atomic mass is 32.2. The van der Waals surface area contributed by atoms with Gasteiger partial charge in [0.25, 0.3) is 5.91 Å². The number of hydrogen-bond acceptors (Lipinski definition) is 5. The van der Waals surface area contributed by atoms with Gasteiger partial charge < -0.3 is 15.2 Å². The van der Waals surface area contributed by atoms with Crippen molar-refractivity contribution in [2.45, 2.75) is 25.5 Å². The summed E-state index contributed by atoms with van der Waals surface area (Å²) in [6.07, 6.45) is 0. The van der Waals surface area contributed by atoms with Gasteiger partial charge in [-0.1, -0.05) is 42.1 Å². The first-order chi connectivity index (χ1) is 13.9. The third-order valence-corrected chi connectivity index (χ3v) is 5.39. The second kappa shape index (κ2) is 9.38. The van der Waals surface area contributed by atoms with Crippen LogP contribution >= 0.6 is 11.8 Å². The minimum absolute atomic E-state index is 0.106. The van der Waals surface area contributed by atoms with E-state index in [1.165, 1.54) is 11.8 Å². The zero-order valence-electron chi connectivity index (χ0n) is 16.6. The van der Waals surface area contributed by atoms with Gasteiger partial charge >= 0.3 is 0 Å². The monoisotopic (exact) mass is 409 g/mol. The number of carbonyl (C=O) groups excluding carboxylic acids is 2. The first-order valence-corrected chi connectivity index (χ1v) is 10.1. The molecule has 0 bridgehead atoms. The molecule has 0 aliphatic carbocycles. The Bertz CT molecular complexity index is 1020. The Morgan fingerprint density at radius 3 is 2.59 bits per heavy atom. The molecule has 2 aromatic carbocycles. The summed E-state index contributed by atoms with van der Waals surface area (Å²) in [7, 11) is 1.81. The molecule has 29 heavy (non-hydrogen) atoms. The molecule has 0 radical (unpaired) electrons. The van der Waals surface area contributed by atoms with E-state index in [0.717, 1.165) is 16.8 Å². The number of benzene rings is 2. The molecule has 0 spiro atoms. The quantitative estimate of drug-likeness (QED) is 0.586. The normalized spacial score (nSPS) is 10.6. The number of amides is 2. The molecule has 150 valence electrons. The molecule has 0 saturated heterocycles. The number of carbonyl (C=O) groups is 2. The second-order valence-electron chi connectivity index (χ2n) is 6.66. The van der Waals surface area contributed by atoms with E-state index >= 15 is 0 Å². The van der Waals surface area contributed by atoms with Crippen LogP contribution < -0.4 is 10.6 Å². The van der Waals surface area contributed by atoms with Crippen LogP contribution in [0.15, 0.2) is 53.7 Å². The van der Waals surface area contributed by atoms with Crippen molar-refractivity contribution in [3.05, 3.63) is 71.0 Å². The number of nitrogens with zero attached hydrogens (tertiary/aromatic N) is 3. The fourth-order valence-electron chi connectivity index (χ4n) is 2.66. The van der Waals surface area contributed by atoms with Crippen molar-refractivity contribution >= 4 is 29.3 Å². The third kappa shape index (κ3) is 5.45. The predicted octanol–water partition coefficient (Wildman–Crippen LogP) is 3.09. The van der Waals surface area contributed by atoms with E-state index in [9.17, 15) is 9.59 Å². The molecule has 0 fully saturated rings. The smallest absolute Gasteiger partial charge is 0.251 e. The molecule has 1 aromatic heterocycles. The molecule has 8 heteroatoms. The van der Waals surface area contributed by atoms with Crippen LogP contribution in [0.2, 0.25) is 0 Å². The maximum atomic E-state index is 12.3. The zero-order chi connectivity index (χ0) is 20.8. The molecule has 1 heterocycles. The molecule has 3 rings (SSSR count). The molecule has 2 amide bonds. The molecule has 0 aliphatic rings. The molecule has 0 aliphatic heterocycles. The Labute approximate surface area is 173 Å². The SMILES string of the molecule is Cc1ccc(C)c(NC(=O)CSc2nnc(CNC(=O)c3ccccc3)n2C)c1. The van der Waals surface area contributed by atoms with Gasteiger partial charge in [-0.15, -0.1) is 10.2 Å². The fraction of sp³-hybridized carbons (Fsp3) is 0.238. The van der Waals surface area contributed by atoms with E-state index in [1.54, 1.807) is 16.7 Å². The average Bonchev–Trinajstić information content (AvgIpc) is 3.07. The highest BCUT2D eigenvalue weighted by Crippen LogP contribution is 2.19. The predicted molar refractivity (Wildman–Crippen MR) is 114 cm³/mol. The van der Waals surface area contributed by atoms with Gasteiger partial charge in [-0.05, 0) is 43.2 Å². The van der Waals surface area contributed by atoms with Crippen molar-refractivity contribution in [2.75, 3.05) is 11.1 Å². The summed E-state index contributed by atoms with van der Waals surface area (Å²) in [4.78, 5) is 24.4. The first kappa shape index (κ1) is 20.6. The maximum Gasteiger partial charge on any atom is 0.251 e. The summed E-state index contributed by atoms with van der Waals surface area (Å²) in [6.45, 7) is 4.20. The number of aromatic nitrogens is 3. The summed E-state index contributed by atoms with van der Waals surface area (Å²) < 4.78 is 1.78. The molecule has 0 saturated carbocycles. The van der Waals surface area contributed by atoms with Crippen molar-refractivity contribution in [3.8, 4) is 0 Å². The largest absolute Gasteiger partial charge is 0.345 e. The minimum Gasteiger partial charge on any atom is -0.345 e. The number of thioether (sulfide) groups is 1. The number of anilines is 1. The van der Waals surface area contributed by atoms with Crippen LogP contribution in [0.5, 0.6) is 0 Å².